The van der Waals surface area contributed by atoms with E-state index in [2.05, 4.69) is 6.92 Å². The molecule has 7 N–H and O–H groups in total. The predicted molar refractivity (Wildman–Crippen MR) is 109 cm³/mol. The van der Waals surface area contributed by atoms with E-state index in [1.807, 2.05) is 12.1 Å². The molecule has 0 aliphatic heterocycles. The van der Waals surface area contributed by atoms with Crippen LogP contribution in [0.4, 0.5) is 11.4 Å². The summed E-state index contributed by atoms with van der Waals surface area (Å²) in [6.07, 6.45) is 14.1. The summed E-state index contributed by atoms with van der Waals surface area (Å²) in [4.78, 5) is 0. The summed E-state index contributed by atoms with van der Waals surface area (Å²) >= 11 is 0. The molecule has 0 unspecified atom stereocenters. The summed E-state index contributed by atoms with van der Waals surface area (Å²) in [5.74, 6) is 0.0110. The van der Waals surface area contributed by atoms with Gasteiger partial charge in [0.1, 0.15) is 5.84 Å². The van der Waals surface area contributed by atoms with E-state index in [0.717, 1.165) is 18.4 Å². The highest BCUT2D eigenvalue weighted by atomic mass is 35.5. The largest absolute Gasteiger partial charge is 0.397 e. The molecule has 1 aromatic rings. The normalized spacial score (nSPS) is 10.4. The van der Waals surface area contributed by atoms with E-state index in [1.54, 1.807) is 0 Å². The van der Waals surface area contributed by atoms with Crippen LogP contribution < -0.4 is 17.2 Å². The fourth-order valence-electron chi connectivity index (χ4n) is 3.01. The molecule has 0 aliphatic rings. The first kappa shape index (κ1) is 22.6. The Kier molecular flexibility index (Phi) is 12.2. The van der Waals surface area contributed by atoms with Crippen molar-refractivity contribution in [3.8, 4) is 0 Å². The third-order valence-corrected chi connectivity index (χ3v) is 4.43. The van der Waals surface area contributed by atoms with Crippen LogP contribution in [-0.2, 0) is 6.42 Å². The highest BCUT2D eigenvalue weighted by molar-refractivity contribution is 6.03. The lowest BCUT2D eigenvalue weighted by Crippen LogP contribution is -2.17. The number of hydrogen-bond donors (Lipinski definition) is 4. The summed E-state index contributed by atoms with van der Waals surface area (Å²) < 4.78 is 0. The van der Waals surface area contributed by atoms with Gasteiger partial charge in [0.25, 0.3) is 0 Å². The lowest BCUT2D eigenvalue weighted by Gasteiger charge is -2.13. The van der Waals surface area contributed by atoms with Crippen molar-refractivity contribution in [1.82, 2.24) is 0 Å². The van der Waals surface area contributed by atoms with E-state index in [0.29, 0.717) is 16.9 Å². The van der Waals surface area contributed by atoms with Crippen LogP contribution in [0.15, 0.2) is 12.1 Å². The SMILES string of the molecule is CCCCCCCCCCCCc1ccc(N)c(N)c1C(=N)N.Cl. The Balaban J connectivity index is 0.00000529. The first-order chi connectivity index (χ1) is 11.1. The molecule has 0 bridgehead atoms. The number of amidine groups is 1. The van der Waals surface area contributed by atoms with Gasteiger partial charge in [-0.25, -0.2) is 0 Å². The first-order valence-corrected chi connectivity index (χ1v) is 9.09. The van der Waals surface area contributed by atoms with Crippen LogP contribution in [0.2, 0.25) is 0 Å². The van der Waals surface area contributed by atoms with Crippen LogP contribution >= 0.6 is 12.4 Å². The molecule has 0 saturated heterocycles. The molecule has 138 valence electrons. The van der Waals surface area contributed by atoms with Gasteiger partial charge in [-0.3, -0.25) is 5.41 Å². The van der Waals surface area contributed by atoms with Gasteiger partial charge in [-0.1, -0.05) is 70.8 Å². The monoisotopic (exact) mass is 354 g/mol. The molecule has 0 saturated carbocycles. The van der Waals surface area contributed by atoms with Crippen molar-refractivity contribution in [2.75, 3.05) is 11.5 Å². The van der Waals surface area contributed by atoms with E-state index in [1.165, 1.54) is 57.8 Å². The Morgan fingerprint density at radius 1 is 0.875 bits per heavy atom. The minimum Gasteiger partial charge on any atom is -0.397 e. The van der Waals surface area contributed by atoms with Crippen molar-refractivity contribution in [3.63, 3.8) is 0 Å². The van der Waals surface area contributed by atoms with Gasteiger partial charge in [0.2, 0.25) is 0 Å². The maximum atomic E-state index is 7.70. The molecule has 24 heavy (non-hydrogen) atoms. The van der Waals surface area contributed by atoms with Crippen LogP contribution in [0.3, 0.4) is 0 Å². The summed E-state index contributed by atoms with van der Waals surface area (Å²) in [5.41, 5.74) is 20.0. The molecule has 1 rings (SSSR count). The number of nitrogens with one attached hydrogen (secondary N) is 1. The van der Waals surface area contributed by atoms with Crippen LogP contribution in [0.1, 0.15) is 82.3 Å². The van der Waals surface area contributed by atoms with Gasteiger partial charge in [-0.2, -0.15) is 0 Å². The van der Waals surface area contributed by atoms with Crippen LogP contribution in [0, 0.1) is 5.41 Å². The molecular formula is C19H35ClN4. The molecule has 5 heteroatoms. The molecule has 4 nitrogen and oxygen atoms in total. The van der Waals surface area contributed by atoms with Crippen molar-refractivity contribution in [2.24, 2.45) is 5.73 Å². The van der Waals surface area contributed by atoms with Crippen LogP contribution in [0.5, 0.6) is 0 Å². The molecule has 0 aromatic heterocycles. The van der Waals surface area contributed by atoms with E-state index in [-0.39, 0.29) is 18.2 Å². The van der Waals surface area contributed by atoms with Crippen molar-refractivity contribution in [2.45, 2.75) is 77.6 Å². The van der Waals surface area contributed by atoms with E-state index in [4.69, 9.17) is 22.6 Å². The molecule has 0 fully saturated rings. The van der Waals surface area contributed by atoms with Crippen LogP contribution in [0.25, 0.3) is 0 Å². The third-order valence-electron chi connectivity index (χ3n) is 4.43. The van der Waals surface area contributed by atoms with Crippen LogP contribution in [-0.4, -0.2) is 5.84 Å². The quantitative estimate of drug-likeness (QED) is 0.183. The van der Waals surface area contributed by atoms with Gasteiger partial charge < -0.3 is 17.2 Å². The second kappa shape index (κ2) is 12.9. The van der Waals surface area contributed by atoms with Crippen molar-refractivity contribution < 1.29 is 0 Å². The number of hydrogen-bond acceptors (Lipinski definition) is 3. The number of rotatable bonds is 12. The fraction of sp³-hybridized carbons (Fsp3) is 0.632. The molecule has 0 heterocycles. The van der Waals surface area contributed by atoms with Gasteiger partial charge in [0, 0.05) is 5.56 Å². The van der Waals surface area contributed by atoms with E-state index in [9.17, 15) is 0 Å². The maximum absolute atomic E-state index is 7.70. The number of halogens is 1. The van der Waals surface area contributed by atoms with Crippen molar-refractivity contribution >= 4 is 29.6 Å². The van der Waals surface area contributed by atoms with Crippen molar-refractivity contribution in [3.05, 3.63) is 23.3 Å². The lowest BCUT2D eigenvalue weighted by atomic mass is 9.97. The van der Waals surface area contributed by atoms with Gasteiger partial charge >= 0.3 is 0 Å². The zero-order valence-corrected chi connectivity index (χ0v) is 15.9. The number of unbranched alkanes of at least 4 members (excludes halogenated alkanes) is 9. The van der Waals surface area contributed by atoms with Gasteiger partial charge in [-0.05, 0) is 24.5 Å². The van der Waals surface area contributed by atoms with Crippen molar-refractivity contribution in [1.29, 1.82) is 5.41 Å². The zero-order chi connectivity index (χ0) is 17.1. The Morgan fingerprint density at radius 2 is 1.38 bits per heavy atom. The molecule has 0 atom stereocenters. The Hall–Kier alpha value is -1.42. The number of nitrogen functional groups attached to an aromatic ring is 3. The average molecular weight is 355 g/mol. The maximum Gasteiger partial charge on any atom is 0.125 e. The summed E-state index contributed by atoms with van der Waals surface area (Å²) in [5, 5.41) is 7.70. The summed E-state index contributed by atoms with van der Waals surface area (Å²) in [6.45, 7) is 2.26. The second-order valence-corrected chi connectivity index (χ2v) is 6.45. The second-order valence-electron chi connectivity index (χ2n) is 6.45. The summed E-state index contributed by atoms with van der Waals surface area (Å²) in [6, 6.07) is 3.77. The predicted octanol–water partition coefficient (Wildman–Crippen LogP) is 5.02. The fourth-order valence-corrected chi connectivity index (χ4v) is 3.01. The molecular weight excluding hydrogens is 320 g/mol. The Labute approximate surface area is 153 Å². The van der Waals surface area contributed by atoms with Gasteiger partial charge in [-0.15, -0.1) is 12.4 Å². The topological polar surface area (TPSA) is 102 Å². The lowest BCUT2D eigenvalue weighted by molar-refractivity contribution is 0.556. The standard InChI is InChI=1S/C19H34N4.ClH/c1-2-3-4-5-6-7-8-9-10-11-12-15-13-14-16(20)18(21)17(15)19(22)23;/h13-14H,2-12,20-21H2,1H3,(H3,22,23);1H. The molecule has 0 spiro atoms. The smallest absolute Gasteiger partial charge is 0.125 e. The number of anilines is 2. The number of benzene rings is 1. The molecule has 0 aliphatic carbocycles. The minimum absolute atomic E-state index is 0. The van der Waals surface area contributed by atoms with E-state index >= 15 is 0 Å². The number of nitrogens with two attached hydrogens (primary N) is 3. The number of aryl methyl sites for hydroxylation is 1. The summed E-state index contributed by atoms with van der Waals surface area (Å²) in [7, 11) is 0. The Morgan fingerprint density at radius 3 is 1.88 bits per heavy atom. The highest BCUT2D eigenvalue weighted by Gasteiger charge is 2.11. The molecule has 1 aromatic carbocycles. The average Bonchev–Trinajstić information content (AvgIpc) is 2.52. The molecule has 0 radical (unpaired) electrons. The van der Waals surface area contributed by atoms with E-state index < -0.39 is 0 Å². The zero-order valence-electron chi connectivity index (χ0n) is 15.1. The highest BCUT2D eigenvalue weighted by Crippen LogP contribution is 2.25. The first-order valence-electron chi connectivity index (χ1n) is 9.09. The van der Waals surface area contributed by atoms with Gasteiger partial charge in [0.05, 0.1) is 11.4 Å². The third kappa shape index (κ3) is 7.91. The van der Waals surface area contributed by atoms with Gasteiger partial charge in [0.15, 0.2) is 0 Å². The minimum atomic E-state index is 0. The Bertz CT molecular complexity index is 489. The molecule has 0 amide bonds.